The molecule has 0 aliphatic heterocycles. The van der Waals surface area contributed by atoms with Crippen LogP contribution in [-0.2, 0) is 16.0 Å². The minimum atomic E-state index is -3.18. The average molecular weight is 448 g/mol. The van der Waals surface area contributed by atoms with E-state index in [4.69, 9.17) is 5.73 Å². The van der Waals surface area contributed by atoms with Gasteiger partial charge in [0, 0.05) is 18.2 Å². The first kappa shape index (κ1) is 22.7. The van der Waals surface area contributed by atoms with Gasteiger partial charge in [-0.1, -0.05) is 30.3 Å². The molecule has 3 rings (SSSR count). The van der Waals surface area contributed by atoms with Crippen molar-refractivity contribution in [3.05, 3.63) is 77.5 Å². The molecule has 0 aliphatic carbocycles. The van der Waals surface area contributed by atoms with Crippen molar-refractivity contribution in [2.45, 2.75) is 19.0 Å². The largest absolute Gasteiger partial charge is 0.363 e. The first-order valence-corrected chi connectivity index (χ1v) is 9.18. The number of carbonyl (C=O) groups excluding carboxylic acids is 3. The van der Waals surface area contributed by atoms with E-state index >= 15 is 0 Å². The lowest BCUT2D eigenvalue weighted by atomic mass is 10.0. The number of carbonyl (C=O) groups is 3. The lowest BCUT2D eigenvalue weighted by Crippen LogP contribution is -2.47. The number of primary amides is 1. The van der Waals surface area contributed by atoms with Gasteiger partial charge < -0.3 is 11.1 Å². The Morgan fingerprint density at radius 1 is 1.06 bits per heavy atom. The highest BCUT2D eigenvalue weighted by molar-refractivity contribution is 6.38. The summed E-state index contributed by atoms with van der Waals surface area (Å²) in [6, 6.07) is 9.15. The Balaban J connectivity index is 2.00. The first-order chi connectivity index (χ1) is 15.2. The van der Waals surface area contributed by atoms with E-state index in [1.807, 2.05) is 0 Å². The third-order valence-electron chi connectivity index (χ3n) is 4.51. The number of alkyl halides is 2. The van der Waals surface area contributed by atoms with E-state index in [0.717, 1.165) is 12.1 Å². The van der Waals surface area contributed by atoms with Crippen LogP contribution in [0.1, 0.15) is 22.5 Å². The molecule has 2 amide bonds. The summed E-state index contributed by atoms with van der Waals surface area (Å²) in [6.07, 6.45) is 0.509. The number of nitrogens with one attached hydrogen (secondary N) is 1. The number of benzene rings is 2. The average Bonchev–Trinajstić information content (AvgIpc) is 3.21. The number of nitrogens with two attached hydrogens (primary N) is 1. The highest BCUT2D eigenvalue weighted by atomic mass is 19.3. The molecule has 3 N–H and O–H groups in total. The fourth-order valence-electron chi connectivity index (χ4n) is 3.00. The van der Waals surface area contributed by atoms with Crippen molar-refractivity contribution in [1.82, 2.24) is 15.1 Å². The number of Topliss-reactive ketones (excluding diaryl/α,β-unsaturated/α-hetero) is 1. The molecule has 1 unspecified atom stereocenters. The van der Waals surface area contributed by atoms with E-state index in [2.05, 4.69) is 10.4 Å². The van der Waals surface area contributed by atoms with Crippen molar-refractivity contribution in [3.63, 3.8) is 0 Å². The molecule has 1 atom stereocenters. The van der Waals surface area contributed by atoms with Gasteiger partial charge in [0.05, 0.1) is 5.56 Å². The molecule has 0 saturated heterocycles. The predicted octanol–water partition coefficient (Wildman–Crippen LogP) is 2.62. The number of hydrogen-bond donors (Lipinski definition) is 2. The van der Waals surface area contributed by atoms with Gasteiger partial charge in [0.25, 0.3) is 11.8 Å². The van der Waals surface area contributed by atoms with Gasteiger partial charge in [-0.15, -0.1) is 0 Å². The summed E-state index contributed by atoms with van der Waals surface area (Å²) in [5.74, 6) is -5.43. The Kier molecular flexibility index (Phi) is 6.67. The normalized spacial score (nSPS) is 11.9. The second-order valence-corrected chi connectivity index (χ2v) is 6.72. The smallest absolute Gasteiger partial charge is 0.333 e. The molecule has 1 heterocycles. The van der Waals surface area contributed by atoms with Gasteiger partial charge in [0.1, 0.15) is 23.4 Å². The highest BCUT2D eigenvalue weighted by Crippen LogP contribution is 2.27. The molecule has 11 heteroatoms. The number of hydrogen-bond acceptors (Lipinski definition) is 4. The SMILES string of the molecule is NC(=O)C(=O)C(Cc1ccccc1)NC(=O)c1cn(C(F)F)nc1-c1cc(F)ccc1F. The minimum Gasteiger partial charge on any atom is -0.363 e. The van der Waals surface area contributed by atoms with Crippen molar-refractivity contribution < 1.29 is 31.9 Å². The topological polar surface area (TPSA) is 107 Å². The van der Waals surface area contributed by atoms with Crippen LogP contribution in [0.25, 0.3) is 11.3 Å². The quantitative estimate of drug-likeness (QED) is 0.408. The van der Waals surface area contributed by atoms with Crippen LogP contribution >= 0.6 is 0 Å². The highest BCUT2D eigenvalue weighted by Gasteiger charge is 2.29. The molecular formula is C21H16F4N4O3. The molecule has 2 aromatic carbocycles. The fraction of sp³-hybridized carbons (Fsp3) is 0.143. The van der Waals surface area contributed by atoms with Crippen LogP contribution in [0, 0.1) is 11.6 Å². The molecule has 0 spiro atoms. The Morgan fingerprint density at radius 2 is 1.75 bits per heavy atom. The zero-order valence-corrected chi connectivity index (χ0v) is 16.3. The predicted molar refractivity (Wildman–Crippen MR) is 104 cm³/mol. The number of amides is 2. The lowest BCUT2D eigenvalue weighted by Gasteiger charge is -2.16. The number of nitrogens with zero attached hydrogens (tertiary/aromatic N) is 2. The van der Waals surface area contributed by atoms with Gasteiger partial charge in [0.15, 0.2) is 0 Å². The molecule has 3 aromatic rings. The maximum atomic E-state index is 14.2. The summed E-state index contributed by atoms with van der Waals surface area (Å²) in [5, 5.41) is 5.75. The number of ketones is 1. The summed E-state index contributed by atoms with van der Waals surface area (Å²) in [4.78, 5) is 36.5. The van der Waals surface area contributed by atoms with Gasteiger partial charge >= 0.3 is 6.55 Å². The van der Waals surface area contributed by atoms with Crippen molar-refractivity contribution in [3.8, 4) is 11.3 Å². The number of rotatable bonds is 8. The van der Waals surface area contributed by atoms with Crippen LogP contribution in [0.15, 0.2) is 54.7 Å². The van der Waals surface area contributed by atoms with E-state index in [-0.39, 0.29) is 11.1 Å². The Labute approximate surface area is 178 Å². The van der Waals surface area contributed by atoms with Crippen LogP contribution in [0.2, 0.25) is 0 Å². The molecule has 1 aromatic heterocycles. The molecule has 0 bridgehead atoms. The van der Waals surface area contributed by atoms with Crippen molar-refractivity contribution in [2.75, 3.05) is 0 Å². The van der Waals surface area contributed by atoms with Crippen LogP contribution in [0.3, 0.4) is 0 Å². The number of halogens is 4. The van der Waals surface area contributed by atoms with Crippen LogP contribution in [-0.4, -0.2) is 33.4 Å². The van der Waals surface area contributed by atoms with E-state index in [1.54, 1.807) is 30.3 Å². The molecule has 0 radical (unpaired) electrons. The monoisotopic (exact) mass is 448 g/mol. The Hall–Kier alpha value is -4.02. The van der Waals surface area contributed by atoms with E-state index in [0.29, 0.717) is 17.8 Å². The third-order valence-corrected chi connectivity index (χ3v) is 4.51. The molecule has 32 heavy (non-hydrogen) atoms. The molecule has 0 saturated carbocycles. The van der Waals surface area contributed by atoms with E-state index < -0.39 is 58.6 Å². The summed E-state index contributed by atoms with van der Waals surface area (Å²) < 4.78 is 54.3. The summed E-state index contributed by atoms with van der Waals surface area (Å²) in [6.45, 7) is -3.18. The Bertz CT molecular complexity index is 1170. The fourth-order valence-corrected chi connectivity index (χ4v) is 3.00. The summed E-state index contributed by atoms with van der Waals surface area (Å²) in [7, 11) is 0. The second kappa shape index (κ2) is 9.41. The van der Waals surface area contributed by atoms with E-state index in [9.17, 15) is 31.9 Å². The van der Waals surface area contributed by atoms with Crippen LogP contribution < -0.4 is 11.1 Å². The van der Waals surface area contributed by atoms with Crippen molar-refractivity contribution in [2.24, 2.45) is 5.73 Å². The van der Waals surface area contributed by atoms with Gasteiger partial charge in [-0.05, 0) is 23.8 Å². The summed E-state index contributed by atoms with van der Waals surface area (Å²) >= 11 is 0. The third kappa shape index (κ3) is 4.99. The lowest BCUT2D eigenvalue weighted by molar-refractivity contribution is -0.137. The zero-order valence-electron chi connectivity index (χ0n) is 16.3. The van der Waals surface area contributed by atoms with Crippen LogP contribution in [0.4, 0.5) is 17.6 Å². The van der Waals surface area contributed by atoms with Crippen molar-refractivity contribution in [1.29, 1.82) is 0 Å². The first-order valence-electron chi connectivity index (χ1n) is 9.18. The molecule has 166 valence electrons. The van der Waals surface area contributed by atoms with E-state index in [1.165, 1.54) is 0 Å². The maximum absolute atomic E-state index is 14.2. The van der Waals surface area contributed by atoms with Crippen LogP contribution in [0.5, 0.6) is 0 Å². The second-order valence-electron chi connectivity index (χ2n) is 6.72. The Morgan fingerprint density at radius 3 is 2.38 bits per heavy atom. The van der Waals surface area contributed by atoms with Gasteiger partial charge in [-0.2, -0.15) is 13.9 Å². The molecular weight excluding hydrogens is 432 g/mol. The number of aromatic nitrogens is 2. The minimum absolute atomic E-state index is 0.0939. The zero-order chi connectivity index (χ0) is 23.4. The van der Waals surface area contributed by atoms with Gasteiger partial charge in [-0.3, -0.25) is 14.4 Å². The standard InChI is InChI=1S/C21H16F4N4O3/c22-12-6-7-15(23)13(9-12)17-14(10-29(28-17)21(24)25)20(32)27-16(18(30)19(26)31)8-11-4-2-1-3-5-11/h1-7,9-10,16,21H,8H2,(H2,26,31)(H,27,32). The molecule has 7 nitrogen and oxygen atoms in total. The van der Waals surface area contributed by atoms with Crippen molar-refractivity contribution >= 4 is 17.6 Å². The van der Waals surface area contributed by atoms with Gasteiger partial charge in [0.2, 0.25) is 5.78 Å². The molecule has 0 fully saturated rings. The van der Waals surface area contributed by atoms with Gasteiger partial charge in [-0.25, -0.2) is 13.5 Å². The summed E-state index contributed by atoms with van der Waals surface area (Å²) in [5.41, 5.74) is 3.99. The maximum Gasteiger partial charge on any atom is 0.333 e. The molecule has 0 aliphatic rings.